The second-order valence-electron chi connectivity index (χ2n) is 8.02. The molecule has 1 aromatic carbocycles. The first kappa shape index (κ1) is 23.3. The number of aliphatic imine (C=N–C) groups is 1. The summed E-state index contributed by atoms with van der Waals surface area (Å²) in [7, 11) is 0. The molecule has 0 radical (unpaired) electrons. The minimum absolute atomic E-state index is 0.153. The minimum atomic E-state index is -0.787. The highest BCUT2D eigenvalue weighted by Gasteiger charge is 2.45. The Bertz CT molecular complexity index is 942. The Balaban J connectivity index is 1.54. The molecule has 3 rings (SSSR count). The van der Waals surface area contributed by atoms with Gasteiger partial charge in [-0.3, -0.25) is 14.4 Å². The number of guanidine groups is 1. The fourth-order valence-electron chi connectivity index (χ4n) is 3.57. The predicted molar refractivity (Wildman–Crippen MR) is 124 cm³/mol. The van der Waals surface area contributed by atoms with E-state index in [9.17, 15) is 9.59 Å². The summed E-state index contributed by atoms with van der Waals surface area (Å²) in [6.45, 7) is 8.63. The smallest absolute Gasteiger partial charge is 0.325 e. The lowest BCUT2D eigenvalue weighted by Gasteiger charge is -2.19. The average molecular weight is 440 g/mol. The van der Waals surface area contributed by atoms with Crippen molar-refractivity contribution in [3.05, 3.63) is 53.9 Å². The van der Waals surface area contributed by atoms with Crippen LogP contribution in [0.5, 0.6) is 0 Å². The van der Waals surface area contributed by atoms with Crippen LogP contribution in [0, 0.1) is 0 Å². The quantitative estimate of drug-likeness (QED) is 0.228. The van der Waals surface area contributed by atoms with Crippen LogP contribution in [-0.2, 0) is 17.9 Å². The van der Waals surface area contributed by atoms with E-state index in [1.807, 2.05) is 42.9 Å². The monoisotopic (exact) mass is 439 g/mol. The Labute approximate surface area is 189 Å². The molecule has 0 saturated carbocycles. The minimum Gasteiger partial charge on any atom is -0.357 e. The number of nitrogens with zero attached hydrogens (tertiary/aromatic N) is 4. The van der Waals surface area contributed by atoms with Crippen molar-refractivity contribution in [3.8, 4) is 0 Å². The molecule has 1 atom stereocenters. The standard InChI is InChI=1S/C23H33N7O2/c1-4-23(3)20(31)30(22(32)28-23)15-8-12-25-21(24-5-2)26-16-18-10-6-7-11-19(18)17-29-14-9-13-27-29/h6-7,9-11,13-14H,4-5,8,12,15-17H2,1-3H3,(H,28,32)(H2,24,25,26). The van der Waals surface area contributed by atoms with Gasteiger partial charge in [0, 0.05) is 32.0 Å². The van der Waals surface area contributed by atoms with Gasteiger partial charge in [-0.1, -0.05) is 31.2 Å². The van der Waals surface area contributed by atoms with Crippen molar-refractivity contribution in [1.29, 1.82) is 0 Å². The largest absolute Gasteiger partial charge is 0.357 e. The molecule has 1 unspecified atom stereocenters. The first-order valence-corrected chi connectivity index (χ1v) is 11.2. The van der Waals surface area contributed by atoms with Crippen LogP contribution in [0.25, 0.3) is 0 Å². The van der Waals surface area contributed by atoms with Crippen LogP contribution in [0.3, 0.4) is 0 Å². The van der Waals surface area contributed by atoms with Crippen LogP contribution in [0.2, 0.25) is 0 Å². The van der Waals surface area contributed by atoms with Crippen LogP contribution >= 0.6 is 0 Å². The maximum Gasteiger partial charge on any atom is 0.325 e. The molecule has 1 aromatic heterocycles. The third-order valence-electron chi connectivity index (χ3n) is 5.66. The molecule has 9 heteroatoms. The number of nitrogens with one attached hydrogen (secondary N) is 3. The fraction of sp³-hybridized carbons (Fsp3) is 0.478. The molecule has 32 heavy (non-hydrogen) atoms. The van der Waals surface area contributed by atoms with Gasteiger partial charge < -0.3 is 16.0 Å². The topological polar surface area (TPSA) is 104 Å². The first-order chi connectivity index (χ1) is 15.5. The lowest BCUT2D eigenvalue weighted by Crippen LogP contribution is -2.43. The Kier molecular flexibility index (Phi) is 7.86. The number of rotatable bonds is 10. The van der Waals surface area contributed by atoms with E-state index in [2.05, 4.69) is 33.2 Å². The van der Waals surface area contributed by atoms with Crippen molar-refractivity contribution in [3.63, 3.8) is 0 Å². The molecule has 172 valence electrons. The summed E-state index contributed by atoms with van der Waals surface area (Å²) in [5, 5.41) is 13.6. The van der Waals surface area contributed by atoms with E-state index >= 15 is 0 Å². The Morgan fingerprint density at radius 2 is 1.94 bits per heavy atom. The molecule has 9 nitrogen and oxygen atoms in total. The number of imide groups is 1. The maximum atomic E-state index is 12.5. The van der Waals surface area contributed by atoms with E-state index in [0.29, 0.717) is 45.0 Å². The van der Waals surface area contributed by atoms with Crippen LogP contribution in [0.4, 0.5) is 4.79 Å². The molecule has 2 heterocycles. The number of carbonyl (C=O) groups is 2. The fourth-order valence-corrected chi connectivity index (χ4v) is 3.57. The third-order valence-corrected chi connectivity index (χ3v) is 5.66. The van der Waals surface area contributed by atoms with E-state index < -0.39 is 5.54 Å². The molecule has 0 bridgehead atoms. The van der Waals surface area contributed by atoms with Crippen LogP contribution in [-0.4, -0.2) is 57.8 Å². The van der Waals surface area contributed by atoms with Gasteiger partial charge in [0.25, 0.3) is 5.91 Å². The van der Waals surface area contributed by atoms with Crippen LogP contribution in [0.15, 0.2) is 47.7 Å². The van der Waals surface area contributed by atoms with Gasteiger partial charge in [-0.25, -0.2) is 9.79 Å². The normalized spacial score (nSPS) is 18.7. The Morgan fingerprint density at radius 1 is 1.16 bits per heavy atom. The van der Waals surface area contributed by atoms with Crippen molar-refractivity contribution in [1.82, 2.24) is 30.6 Å². The highest BCUT2D eigenvalue weighted by atomic mass is 16.2. The maximum absolute atomic E-state index is 12.5. The number of aromatic nitrogens is 2. The second-order valence-corrected chi connectivity index (χ2v) is 8.02. The molecule has 1 aliphatic heterocycles. The van der Waals surface area contributed by atoms with E-state index in [1.165, 1.54) is 10.5 Å². The first-order valence-electron chi connectivity index (χ1n) is 11.2. The number of hydrogen-bond donors (Lipinski definition) is 3. The van der Waals surface area contributed by atoms with E-state index in [-0.39, 0.29) is 11.9 Å². The molecule has 1 aliphatic rings. The van der Waals surface area contributed by atoms with E-state index in [1.54, 1.807) is 13.1 Å². The van der Waals surface area contributed by atoms with Crippen LogP contribution < -0.4 is 16.0 Å². The zero-order valence-electron chi connectivity index (χ0n) is 19.1. The van der Waals surface area contributed by atoms with Gasteiger partial charge in [0.15, 0.2) is 5.96 Å². The lowest BCUT2D eigenvalue weighted by atomic mass is 9.99. The van der Waals surface area contributed by atoms with E-state index in [0.717, 1.165) is 12.1 Å². The van der Waals surface area contributed by atoms with Gasteiger partial charge in [-0.05, 0) is 43.9 Å². The Hall–Kier alpha value is -3.36. The van der Waals surface area contributed by atoms with Crippen molar-refractivity contribution < 1.29 is 9.59 Å². The molecule has 3 amide bonds. The van der Waals surface area contributed by atoms with Crippen molar-refractivity contribution in [2.45, 2.75) is 52.2 Å². The van der Waals surface area contributed by atoms with Crippen molar-refractivity contribution >= 4 is 17.9 Å². The van der Waals surface area contributed by atoms with Crippen molar-refractivity contribution in [2.24, 2.45) is 4.99 Å². The van der Waals surface area contributed by atoms with Crippen molar-refractivity contribution in [2.75, 3.05) is 19.6 Å². The van der Waals surface area contributed by atoms with Gasteiger partial charge in [0.1, 0.15) is 5.54 Å². The van der Waals surface area contributed by atoms with Gasteiger partial charge in [0.05, 0.1) is 13.1 Å². The second kappa shape index (κ2) is 10.8. The van der Waals surface area contributed by atoms with Crippen LogP contribution in [0.1, 0.15) is 44.7 Å². The SMILES string of the molecule is CCNC(=NCc1ccccc1Cn1cccn1)NCCCN1C(=O)NC(C)(CC)C1=O. The average Bonchev–Trinajstić information content (AvgIpc) is 3.37. The molecule has 1 fully saturated rings. The molecule has 1 saturated heterocycles. The summed E-state index contributed by atoms with van der Waals surface area (Å²) in [6, 6.07) is 9.81. The summed E-state index contributed by atoms with van der Waals surface area (Å²) in [6.07, 6.45) is 4.93. The number of amides is 3. The molecular weight excluding hydrogens is 406 g/mol. The zero-order chi connectivity index (χ0) is 23.0. The summed E-state index contributed by atoms with van der Waals surface area (Å²) in [5.41, 5.74) is 1.52. The third kappa shape index (κ3) is 5.66. The highest BCUT2D eigenvalue weighted by Crippen LogP contribution is 2.20. The molecule has 3 N–H and O–H groups in total. The number of urea groups is 1. The summed E-state index contributed by atoms with van der Waals surface area (Å²) in [4.78, 5) is 30.6. The van der Waals surface area contributed by atoms with Gasteiger partial charge in [0.2, 0.25) is 0 Å². The Morgan fingerprint density at radius 3 is 2.59 bits per heavy atom. The van der Waals surface area contributed by atoms with Gasteiger partial charge in [-0.15, -0.1) is 0 Å². The summed E-state index contributed by atoms with van der Waals surface area (Å²) >= 11 is 0. The van der Waals surface area contributed by atoms with E-state index in [4.69, 9.17) is 4.99 Å². The summed E-state index contributed by atoms with van der Waals surface area (Å²) < 4.78 is 1.89. The number of hydrogen-bond acceptors (Lipinski definition) is 4. The summed E-state index contributed by atoms with van der Waals surface area (Å²) in [5.74, 6) is 0.552. The zero-order valence-corrected chi connectivity index (χ0v) is 19.1. The molecule has 2 aromatic rings. The predicted octanol–water partition coefficient (Wildman–Crippen LogP) is 2.10. The lowest BCUT2D eigenvalue weighted by molar-refractivity contribution is -0.130. The number of carbonyl (C=O) groups excluding carboxylic acids is 2. The van der Waals surface area contributed by atoms with Gasteiger partial charge >= 0.3 is 6.03 Å². The highest BCUT2D eigenvalue weighted by molar-refractivity contribution is 6.06. The van der Waals surface area contributed by atoms with Gasteiger partial charge in [-0.2, -0.15) is 5.10 Å². The molecule has 0 aliphatic carbocycles. The number of benzene rings is 1. The molecular formula is C23H33N7O2. The molecule has 0 spiro atoms.